The fourth-order valence-corrected chi connectivity index (χ4v) is 4.33. The lowest BCUT2D eigenvalue weighted by Gasteiger charge is -2.06. The smallest absolute Gasteiger partial charge is 0.331 e. The molecule has 0 aliphatic rings. The second-order valence-electron chi connectivity index (χ2n) is 7.52. The summed E-state index contributed by atoms with van der Waals surface area (Å²) in [5.74, 6) is -0.466. The quantitative estimate of drug-likeness (QED) is 0.193. The zero-order valence-corrected chi connectivity index (χ0v) is 19.8. The Hall–Kier alpha value is -3.69. The van der Waals surface area contributed by atoms with Gasteiger partial charge in [-0.1, -0.05) is 18.2 Å². The van der Waals surface area contributed by atoms with E-state index in [9.17, 15) is 18.0 Å². The maximum atomic E-state index is 12.5. The molecular formula is C25H26N2O6S. The lowest BCUT2D eigenvalue weighted by atomic mass is 10.1. The first-order valence-electron chi connectivity index (χ1n) is 10.5. The minimum absolute atomic E-state index is 0.0413. The van der Waals surface area contributed by atoms with E-state index >= 15 is 0 Å². The molecule has 2 heterocycles. The fourth-order valence-electron chi connectivity index (χ4n) is 3.34. The van der Waals surface area contributed by atoms with E-state index in [1.165, 1.54) is 30.5 Å². The van der Waals surface area contributed by atoms with Crippen molar-refractivity contribution in [1.29, 1.82) is 0 Å². The van der Waals surface area contributed by atoms with Crippen molar-refractivity contribution in [3.8, 4) is 0 Å². The molecule has 9 heteroatoms. The molecular weight excluding hydrogens is 456 g/mol. The van der Waals surface area contributed by atoms with E-state index in [2.05, 4.69) is 11.3 Å². The number of carbonyl (C=O) groups excluding carboxylic acids is 2. The molecule has 34 heavy (non-hydrogen) atoms. The number of rotatable bonds is 11. The number of hydrogen-bond donors (Lipinski definition) is 1. The van der Waals surface area contributed by atoms with Crippen molar-refractivity contribution in [2.24, 2.45) is 0 Å². The van der Waals surface area contributed by atoms with Gasteiger partial charge in [-0.2, -0.15) is 0 Å². The van der Waals surface area contributed by atoms with Gasteiger partial charge >= 0.3 is 5.97 Å². The molecule has 0 saturated heterocycles. The van der Waals surface area contributed by atoms with E-state index in [1.54, 1.807) is 36.4 Å². The van der Waals surface area contributed by atoms with Crippen LogP contribution in [0.15, 0.2) is 76.8 Å². The number of allylic oxidation sites excluding steroid dienone is 1. The number of sulfonamides is 1. The number of furan rings is 1. The predicted octanol–water partition coefficient (Wildman–Crippen LogP) is 3.80. The summed E-state index contributed by atoms with van der Waals surface area (Å²) < 4.78 is 39.3. The standard InChI is InChI=1S/C25H26N2O6S/c1-4-13-27-18(2)15-23(19(27)3)24(28)17-33-25(29)12-9-20-7-10-22(11-8-20)34(30,31)26-16-21-6-5-14-32-21/h4-12,14-15,26H,1,13,16-17H2,2-3H3/b12-9+. The van der Waals surface area contributed by atoms with Crippen LogP contribution in [0.5, 0.6) is 0 Å². The van der Waals surface area contributed by atoms with Gasteiger partial charge in [-0.3, -0.25) is 4.79 Å². The van der Waals surface area contributed by atoms with Gasteiger partial charge in [0.05, 0.1) is 17.7 Å². The van der Waals surface area contributed by atoms with Crippen LogP contribution in [0.25, 0.3) is 6.08 Å². The second-order valence-corrected chi connectivity index (χ2v) is 9.29. The maximum absolute atomic E-state index is 12.5. The minimum atomic E-state index is -3.71. The van der Waals surface area contributed by atoms with E-state index < -0.39 is 16.0 Å². The van der Waals surface area contributed by atoms with E-state index in [-0.39, 0.29) is 23.8 Å². The molecule has 0 unspecified atom stereocenters. The molecule has 0 aliphatic carbocycles. The van der Waals surface area contributed by atoms with Gasteiger partial charge in [-0.05, 0) is 55.8 Å². The largest absolute Gasteiger partial charge is 0.468 e. The average Bonchev–Trinajstić information content (AvgIpc) is 3.44. The number of ether oxygens (including phenoxy) is 1. The molecule has 1 aromatic carbocycles. The van der Waals surface area contributed by atoms with Gasteiger partial charge in [-0.25, -0.2) is 17.9 Å². The number of carbonyl (C=O) groups is 2. The van der Waals surface area contributed by atoms with Gasteiger partial charge in [0.2, 0.25) is 15.8 Å². The summed E-state index contributed by atoms with van der Waals surface area (Å²) in [6.07, 6.45) is 5.88. The Labute approximate surface area is 198 Å². The predicted molar refractivity (Wildman–Crippen MR) is 128 cm³/mol. The molecule has 0 saturated carbocycles. The highest BCUT2D eigenvalue weighted by molar-refractivity contribution is 7.89. The number of benzene rings is 1. The van der Waals surface area contributed by atoms with Crippen molar-refractivity contribution >= 4 is 27.9 Å². The molecule has 0 radical (unpaired) electrons. The number of ketones is 1. The highest BCUT2D eigenvalue weighted by Crippen LogP contribution is 2.16. The first-order valence-corrected chi connectivity index (χ1v) is 12.0. The average molecular weight is 483 g/mol. The number of nitrogens with one attached hydrogen (secondary N) is 1. The molecule has 0 spiro atoms. The van der Waals surface area contributed by atoms with Crippen molar-refractivity contribution in [3.05, 3.63) is 95.7 Å². The first-order chi connectivity index (χ1) is 16.2. The number of esters is 1. The lowest BCUT2D eigenvalue weighted by molar-refractivity contribution is -0.136. The van der Waals surface area contributed by atoms with Crippen LogP contribution >= 0.6 is 0 Å². The second kappa shape index (κ2) is 11.0. The molecule has 3 aromatic rings. The third-order valence-electron chi connectivity index (χ3n) is 5.15. The Morgan fingerprint density at radius 3 is 2.56 bits per heavy atom. The fraction of sp³-hybridized carbons (Fsp3) is 0.200. The lowest BCUT2D eigenvalue weighted by Crippen LogP contribution is -2.22. The Bertz CT molecular complexity index is 1300. The van der Waals surface area contributed by atoms with Gasteiger partial charge in [0.25, 0.3) is 0 Å². The zero-order valence-electron chi connectivity index (χ0n) is 19.0. The normalized spacial score (nSPS) is 11.6. The van der Waals surface area contributed by atoms with Crippen LogP contribution in [-0.2, 0) is 32.6 Å². The van der Waals surface area contributed by atoms with E-state index in [0.29, 0.717) is 23.4 Å². The van der Waals surface area contributed by atoms with Gasteiger partial charge in [-0.15, -0.1) is 6.58 Å². The maximum Gasteiger partial charge on any atom is 0.331 e. The molecule has 0 atom stereocenters. The Morgan fingerprint density at radius 1 is 1.18 bits per heavy atom. The molecule has 2 aromatic heterocycles. The monoisotopic (exact) mass is 482 g/mol. The van der Waals surface area contributed by atoms with Gasteiger partial charge in [0.1, 0.15) is 5.76 Å². The summed E-state index contributed by atoms with van der Waals surface area (Å²) in [7, 11) is -3.71. The number of hydrogen-bond acceptors (Lipinski definition) is 6. The Balaban J connectivity index is 1.54. The molecule has 0 aliphatic heterocycles. The van der Waals surface area contributed by atoms with Crippen molar-refractivity contribution in [3.63, 3.8) is 0 Å². The molecule has 0 amide bonds. The minimum Gasteiger partial charge on any atom is -0.468 e. The number of Topliss-reactive ketones (excluding diaryl/α,β-unsaturated/α-hetero) is 1. The van der Waals surface area contributed by atoms with Crippen LogP contribution in [0.4, 0.5) is 0 Å². The van der Waals surface area contributed by atoms with E-state index in [4.69, 9.17) is 9.15 Å². The number of nitrogens with zero attached hydrogens (tertiary/aromatic N) is 1. The number of aryl methyl sites for hydroxylation is 1. The van der Waals surface area contributed by atoms with Crippen LogP contribution in [0.3, 0.4) is 0 Å². The van der Waals surface area contributed by atoms with Crippen LogP contribution in [0, 0.1) is 13.8 Å². The third-order valence-corrected chi connectivity index (χ3v) is 6.57. The summed E-state index contributed by atoms with van der Waals surface area (Å²) in [5, 5.41) is 0. The molecule has 178 valence electrons. The third kappa shape index (κ3) is 6.21. The van der Waals surface area contributed by atoms with Crippen LogP contribution in [-0.4, -0.2) is 31.3 Å². The van der Waals surface area contributed by atoms with Crippen LogP contribution in [0.2, 0.25) is 0 Å². The Kier molecular flexibility index (Phi) is 8.04. The Morgan fingerprint density at radius 2 is 1.91 bits per heavy atom. The highest BCUT2D eigenvalue weighted by atomic mass is 32.2. The van der Waals surface area contributed by atoms with Crippen LogP contribution in [0.1, 0.15) is 33.1 Å². The van der Waals surface area contributed by atoms with E-state index in [0.717, 1.165) is 11.4 Å². The topological polar surface area (TPSA) is 108 Å². The van der Waals surface area contributed by atoms with Crippen molar-refractivity contribution in [2.75, 3.05) is 6.61 Å². The number of aromatic nitrogens is 1. The summed E-state index contributed by atoms with van der Waals surface area (Å²) in [4.78, 5) is 24.6. The molecule has 1 N–H and O–H groups in total. The van der Waals surface area contributed by atoms with E-state index in [1.807, 2.05) is 18.4 Å². The van der Waals surface area contributed by atoms with Crippen molar-refractivity contribution in [1.82, 2.24) is 9.29 Å². The molecule has 8 nitrogen and oxygen atoms in total. The summed E-state index contributed by atoms with van der Waals surface area (Å²) in [6, 6.07) is 11.1. The zero-order chi connectivity index (χ0) is 24.7. The molecule has 3 rings (SSSR count). The SMILES string of the molecule is C=CCn1c(C)cc(C(=O)COC(=O)/C=C/c2ccc(S(=O)(=O)NCc3ccco3)cc2)c1C. The highest BCUT2D eigenvalue weighted by Gasteiger charge is 2.17. The van der Waals surface area contributed by atoms with Crippen molar-refractivity contribution in [2.45, 2.75) is 31.8 Å². The van der Waals surface area contributed by atoms with Crippen molar-refractivity contribution < 1.29 is 27.2 Å². The van der Waals surface area contributed by atoms with Crippen LogP contribution < -0.4 is 4.72 Å². The molecule has 0 bridgehead atoms. The summed E-state index contributed by atoms with van der Waals surface area (Å²) in [6.45, 7) is 7.70. The first kappa shape index (κ1) is 24.9. The molecule has 0 fully saturated rings. The summed E-state index contributed by atoms with van der Waals surface area (Å²) >= 11 is 0. The van der Waals surface area contributed by atoms with Gasteiger partial charge in [0.15, 0.2) is 6.61 Å². The van der Waals surface area contributed by atoms with Gasteiger partial charge in [0, 0.05) is 29.6 Å². The van der Waals surface area contributed by atoms with Gasteiger partial charge < -0.3 is 13.7 Å². The summed E-state index contributed by atoms with van der Waals surface area (Å²) in [5.41, 5.74) is 2.83.